The number of carbonyl (C=O) groups excluding carboxylic acids is 1. The van der Waals surface area contributed by atoms with Crippen molar-refractivity contribution in [3.05, 3.63) is 22.7 Å². The molecule has 0 atom stereocenters. The highest BCUT2D eigenvalue weighted by Crippen LogP contribution is 2.56. The summed E-state index contributed by atoms with van der Waals surface area (Å²) in [6.07, 6.45) is 2.97. The lowest BCUT2D eigenvalue weighted by Gasteiger charge is -2.16. The molecule has 0 radical (unpaired) electrons. The molecule has 4 nitrogen and oxygen atoms in total. The maximum absolute atomic E-state index is 10.4. The van der Waals surface area contributed by atoms with Crippen LogP contribution in [0.3, 0.4) is 0 Å². The van der Waals surface area contributed by atoms with Crippen LogP contribution in [0, 0.1) is 0 Å². The molecule has 0 aromatic heterocycles. The normalized spacial score (nSPS) is 16.4. The largest absolute Gasteiger partial charge is 0.504 e. The molecule has 1 aliphatic carbocycles. The number of ether oxygens (including phenoxy) is 1. The van der Waals surface area contributed by atoms with Crippen molar-refractivity contribution in [2.24, 2.45) is 4.99 Å². The first-order valence-electron chi connectivity index (χ1n) is 4.79. The number of hydrogen-bond donors (Lipinski definition) is 1. The Balaban J connectivity index is 2.63. The van der Waals surface area contributed by atoms with Crippen molar-refractivity contribution in [3.63, 3.8) is 0 Å². The maximum Gasteiger partial charge on any atom is 0.235 e. The van der Waals surface area contributed by atoms with Gasteiger partial charge in [-0.25, -0.2) is 4.79 Å². The van der Waals surface area contributed by atoms with Crippen LogP contribution in [0.2, 0.25) is 5.02 Å². The minimum atomic E-state index is -0.650. The summed E-state index contributed by atoms with van der Waals surface area (Å²) < 4.78 is 5.11. The number of aromatic hydroxyl groups is 1. The third kappa shape index (κ3) is 1.56. The highest BCUT2D eigenvalue weighted by Gasteiger charge is 2.48. The summed E-state index contributed by atoms with van der Waals surface area (Å²) in [5, 5.41) is 10.1. The molecule has 0 bridgehead atoms. The van der Waals surface area contributed by atoms with Gasteiger partial charge in [0.2, 0.25) is 6.08 Å². The minimum Gasteiger partial charge on any atom is -0.504 e. The Bertz CT molecular complexity index is 476. The Labute approximate surface area is 97.5 Å². The molecule has 0 saturated heterocycles. The fourth-order valence-corrected chi connectivity index (χ4v) is 2.14. The second kappa shape index (κ2) is 3.81. The van der Waals surface area contributed by atoms with Crippen LogP contribution in [0.5, 0.6) is 11.5 Å². The zero-order chi connectivity index (χ0) is 11.8. The Morgan fingerprint density at radius 1 is 1.56 bits per heavy atom. The number of isocyanates is 1. The molecule has 2 rings (SSSR count). The summed E-state index contributed by atoms with van der Waals surface area (Å²) in [4.78, 5) is 14.2. The first-order chi connectivity index (χ1) is 7.64. The Kier molecular flexibility index (Phi) is 2.62. The number of phenols is 1. The molecule has 0 spiro atoms. The number of phenolic OH excluding ortho intramolecular Hbond substituents is 1. The summed E-state index contributed by atoms with van der Waals surface area (Å²) in [6, 6.07) is 3.01. The highest BCUT2D eigenvalue weighted by atomic mass is 35.5. The van der Waals surface area contributed by atoms with E-state index < -0.39 is 5.54 Å². The van der Waals surface area contributed by atoms with Crippen molar-refractivity contribution in [3.8, 4) is 11.5 Å². The fourth-order valence-electron chi connectivity index (χ4n) is 1.81. The van der Waals surface area contributed by atoms with E-state index in [0.717, 1.165) is 0 Å². The molecule has 5 heteroatoms. The van der Waals surface area contributed by atoms with Crippen LogP contribution in [0.1, 0.15) is 18.4 Å². The molecule has 1 fully saturated rings. The number of halogens is 1. The number of benzene rings is 1. The molecule has 1 aromatic rings. The van der Waals surface area contributed by atoms with E-state index in [-0.39, 0.29) is 11.5 Å². The van der Waals surface area contributed by atoms with Gasteiger partial charge in [0, 0.05) is 5.56 Å². The lowest BCUT2D eigenvalue weighted by Crippen LogP contribution is -2.06. The number of rotatable bonds is 3. The SMILES string of the molecule is COc1c(O)ccc(Cl)c1C1(N=C=O)CC1. The lowest BCUT2D eigenvalue weighted by atomic mass is 10.0. The summed E-state index contributed by atoms with van der Waals surface area (Å²) in [7, 11) is 1.44. The minimum absolute atomic E-state index is 0.00530. The van der Waals surface area contributed by atoms with Gasteiger partial charge in [0.05, 0.1) is 12.1 Å². The standard InChI is InChI=1S/C11H10ClNO3/c1-16-10-8(15)3-2-7(12)9(10)11(4-5-11)13-6-14/h2-3,15H,4-5H2,1H3. The molecular formula is C11H10ClNO3. The van der Waals surface area contributed by atoms with E-state index in [9.17, 15) is 9.90 Å². The van der Waals surface area contributed by atoms with Crippen LogP contribution in [-0.2, 0) is 10.3 Å². The first-order valence-corrected chi connectivity index (χ1v) is 5.17. The highest BCUT2D eigenvalue weighted by molar-refractivity contribution is 6.31. The van der Waals surface area contributed by atoms with Gasteiger partial charge in [-0.05, 0) is 25.0 Å². The van der Waals surface area contributed by atoms with Crippen molar-refractivity contribution < 1.29 is 14.6 Å². The van der Waals surface area contributed by atoms with E-state index in [0.29, 0.717) is 23.4 Å². The van der Waals surface area contributed by atoms with E-state index in [4.69, 9.17) is 16.3 Å². The number of methoxy groups -OCH3 is 1. The third-order valence-corrected chi connectivity index (χ3v) is 3.05. The summed E-state index contributed by atoms with van der Waals surface area (Å²) in [6.45, 7) is 0. The van der Waals surface area contributed by atoms with Crippen LogP contribution >= 0.6 is 11.6 Å². The van der Waals surface area contributed by atoms with Crippen LogP contribution in [0.15, 0.2) is 17.1 Å². The van der Waals surface area contributed by atoms with Crippen molar-refractivity contribution in [2.75, 3.05) is 7.11 Å². The van der Waals surface area contributed by atoms with Crippen molar-refractivity contribution in [2.45, 2.75) is 18.4 Å². The topological polar surface area (TPSA) is 58.9 Å². The second-order valence-corrected chi connectivity index (χ2v) is 4.12. The van der Waals surface area contributed by atoms with Crippen molar-refractivity contribution in [1.29, 1.82) is 0 Å². The van der Waals surface area contributed by atoms with Crippen LogP contribution in [-0.4, -0.2) is 18.3 Å². The number of hydrogen-bond acceptors (Lipinski definition) is 4. The zero-order valence-corrected chi connectivity index (χ0v) is 9.41. The maximum atomic E-state index is 10.4. The number of aliphatic imine (C=N–C) groups is 1. The van der Waals surface area contributed by atoms with E-state index >= 15 is 0 Å². The molecule has 0 amide bonds. The molecule has 0 heterocycles. The predicted octanol–water partition coefficient (Wildman–Crippen LogP) is 2.38. The Morgan fingerprint density at radius 3 is 2.75 bits per heavy atom. The Morgan fingerprint density at radius 2 is 2.25 bits per heavy atom. The predicted molar refractivity (Wildman–Crippen MR) is 58.7 cm³/mol. The quantitative estimate of drug-likeness (QED) is 0.651. The molecule has 84 valence electrons. The molecule has 0 aliphatic heterocycles. The monoisotopic (exact) mass is 239 g/mol. The van der Waals surface area contributed by atoms with Gasteiger partial charge in [-0.15, -0.1) is 0 Å². The van der Waals surface area contributed by atoms with Gasteiger partial charge >= 0.3 is 0 Å². The van der Waals surface area contributed by atoms with Gasteiger partial charge in [-0.1, -0.05) is 11.6 Å². The van der Waals surface area contributed by atoms with Crippen molar-refractivity contribution >= 4 is 17.7 Å². The smallest absolute Gasteiger partial charge is 0.235 e. The van der Waals surface area contributed by atoms with Gasteiger partial charge in [-0.2, -0.15) is 4.99 Å². The molecule has 1 saturated carbocycles. The molecule has 16 heavy (non-hydrogen) atoms. The third-order valence-electron chi connectivity index (χ3n) is 2.74. The van der Waals surface area contributed by atoms with Crippen LogP contribution in [0.25, 0.3) is 0 Å². The summed E-state index contributed by atoms with van der Waals surface area (Å²) >= 11 is 6.06. The van der Waals surface area contributed by atoms with Gasteiger partial charge in [0.25, 0.3) is 0 Å². The number of nitrogens with zero attached hydrogens (tertiary/aromatic N) is 1. The van der Waals surface area contributed by atoms with E-state index in [2.05, 4.69) is 4.99 Å². The molecule has 1 aliphatic rings. The van der Waals surface area contributed by atoms with Crippen molar-refractivity contribution in [1.82, 2.24) is 0 Å². The van der Waals surface area contributed by atoms with E-state index in [1.54, 1.807) is 12.1 Å². The zero-order valence-electron chi connectivity index (χ0n) is 8.66. The molecule has 1 aromatic carbocycles. The van der Waals surface area contributed by atoms with E-state index in [1.165, 1.54) is 13.2 Å². The van der Waals surface area contributed by atoms with Gasteiger partial charge in [-0.3, -0.25) is 0 Å². The summed E-state index contributed by atoms with van der Waals surface area (Å²) in [5.74, 6) is 0.276. The van der Waals surface area contributed by atoms with Crippen LogP contribution < -0.4 is 4.74 Å². The molecule has 1 N–H and O–H groups in total. The van der Waals surface area contributed by atoms with E-state index in [1.807, 2.05) is 0 Å². The Hall–Kier alpha value is -1.51. The van der Waals surface area contributed by atoms with Crippen LogP contribution in [0.4, 0.5) is 0 Å². The molecule has 0 unspecified atom stereocenters. The molecular weight excluding hydrogens is 230 g/mol. The lowest BCUT2D eigenvalue weighted by molar-refractivity contribution is 0.365. The average Bonchev–Trinajstić information content (AvgIpc) is 3.02. The summed E-state index contributed by atoms with van der Waals surface area (Å²) in [5.41, 5.74) is -0.0804. The van der Waals surface area contributed by atoms with Gasteiger partial charge in [0.1, 0.15) is 5.54 Å². The van der Waals surface area contributed by atoms with Gasteiger partial charge in [0.15, 0.2) is 11.5 Å². The van der Waals surface area contributed by atoms with Gasteiger partial charge < -0.3 is 9.84 Å². The average molecular weight is 240 g/mol. The fraction of sp³-hybridized carbons (Fsp3) is 0.364. The first kappa shape index (κ1) is 11.0. The second-order valence-electron chi connectivity index (χ2n) is 3.71.